The van der Waals surface area contributed by atoms with Crippen LogP contribution in [0.4, 0.5) is 11.8 Å². The van der Waals surface area contributed by atoms with E-state index in [9.17, 15) is 4.79 Å². The highest BCUT2D eigenvalue weighted by molar-refractivity contribution is 5.60. The van der Waals surface area contributed by atoms with Crippen LogP contribution in [-0.2, 0) is 4.79 Å². The van der Waals surface area contributed by atoms with Crippen molar-refractivity contribution in [3.63, 3.8) is 0 Å². The monoisotopic (exact) mass is 313 g/mol. The molecule has 2 N–H and O–H groups in total. The number of aromatic nitrogens is 4. The van der Waals surface area contributed by atoms with E-state index in [0.717, 1.165) is 12.2 Å². The lowest BCUT2D eigenvalue weighted by atomic mass is 10.3. The smallest absolute Gasteiger partial charge is 0.225 e. The molecule has 0 atom stereocenters. The highest BCUT2D eigenvalue weighted by Crippen LogP contribution is 2.21. The number of nitrogen functional groups attached to an aromatic ring is 1. The molecular formula is C14H15N7O2. The van der Waals surface area contributed by atoms with E-state index < -0.39 is 0 Å². The maximum absolute atomic E-state index is 10.8. The van der Waals surface area contributed by atoms with E-state index in [-0.39, 0.29) is 5.95 Å². The number of rotatable bonds is 3. The van der Waals surface area contributed by atoms with Gasteiger partial charge in [0.2, 0.25) is 18.2 Å². The Bertz CT molecular complexity index is 834. The Balaban J connectivity index is 1.68. The third-order valence-corrected chi connectivity index (χ3v) is 3.87. The summed E-state index contributed by atoms with van der Waals surface area (Å²) in [5.74, 6) is 2.04. The van der Waals surface area contributed by atoms with Gasteiger partial charge in [-0.2, -0.15) is 9.50 Å². The molecule has 0 aromatic carbocycles. The molecule has 9 heteroatoms. The van der Waals surface area contributed by atoms with Crippen molar-refractivity contribution >= 4 is 23.8 Å². The number of piperazine rings is 1. The molecule has 0 aliphatic carbocycles. The third-order valence-electron chi connectivity index (χ3n) is 3.87. The van der Waals surface area contributed by atoms with Crippen molar-refractivity contribution in [2.45, 2.75) is 0 Å². The topological polar surface area (TPSA) is 106 Å². The second-order valence-electron chi connectivity index (χ2n) is 5.28. The molecule has 118 valence electrons. The van der Waals surface area contributed by atoms with E-state index in [2.05, 4.69) is 20.0 Å². The molecule has 1 saturated heterocycles. The molecule has 3 aromatic heterocycles. The molecule has 4 heterocycles. The number of nitrogens with zero attached hydrogens (tertiary/aromatic N) is 6. The summed E-state index contributed by atoms with van der Waals surface area (Å²) in [6.45, 7) is 2.75. The maximum Gasteiger partial charge on any atom is 0.225 e. The van der Waals surface area contributed by atoms with E-state index in [1.807, 2.05) is 6.07 Å². The number of carbonyl (C=O) groups excluding carboxylic acids is 1. The molecule has 0 unspecified atom stereocenters. The van der Waals surface area contributed by atoms with Crippen LogP contribution in [-0.4, -0.2) is 57.1 Å². The normalized spacial score (nSPS) is 15.3. The van der Waals surface area contributed by atoms with Crippen molar-refractivity contribution in [3.05, 3.63) is 24.5 Å². The summed E-state index contributed by atoms with van der Waals surface area (Å²) < 4.78 is 6.80. The third kappa shape index (κ3) is 2.35. The van der Waals surface area contributed by atoms with E-state index in [0.29, 0.717) is 43.4 Å². The van der Waals surface area contributed by atoms with Gasteiger partial charge in [0.1, 0.15) is 5.82 Å². The minimum absolute atomic E-state index is 0.264. The van der Waals surface area contributed by atoms with Crippen molar-refractivity contribution in [2.75, 3.05) is 36.8 Å². The molecule has 1 aliphatic rings. The molecule has 1 aliphatic heterocycles. The van der Waals surface area contributed by atoms with Crippen LogP contribution in [0.1, 0.15) is 0 Å². The Labute approximate surface area is 131 Å². The fraction of sp³-hybridized carbons (Fsp3) is 0.286. The Kier molecular flexibility index (Phi) is 3.11. The van der Waals surface area contributed by atoms with Crippen LogP contribution in [0.5, 0.6) is 0 Å². The van der Waals surface area contributed by atoms with E-state index >= 15 is 0 Å². The van der Waals surface area contributed by atoms with Crippen LogP contribution in [0.25, 0.3) is 17.2 Å². The molecule has 0 spiro atoms. The standard InChI is InChI=1S/C14H15N7O2/c15-14-17-11(20-5-3-19(9-22)4-6-20)8-12-16-13(18-21(12)14)10-2-1-7-23-10/h1-2,7-9H,3-6H2,(H2,15,17). The predicted octanol–water partition coefficient (Wildman–Crippen LogP) is 0.245. The highest BCUT2D eigenvalue weighted by atomic mass is 16.3. The number of fused-ring (bicyclic) bond motifs is 1. The van der Waals surface area contributed by atoms with E-state index in [4.69, 9.17) is 10.2 Å². The number of hydrogen-bond acceptors (Lipinski definition) is 7. The Morgan fingerprint density at radius 3 is 2.74 bits per heavy atom. The fourth-order valence-electron chi connectivity index (χ4n) is 2.63. The Morgan fingerprint density at radius 1 is 1.22 bits per heavy atom. The zero-order valence-corrected chi connectivity index (χ0v) is 12.3. The molecule has 1 fully saturated rings. The first-order valence-electron chi connectivity index (χ1n) is 7.26. The summed E-state index contributed by atoms with van der Waals surface area (Å²) >= 11 is 0. The summed E-state index contributed by atoms with van der Waals surface area (Å²) in [4.78, 5) is 23.5. The van der Waals surface area contributed by atoms with Gasteiger partial charge in [-0.05, 0) is 12.1 Å². The van der Waals surface area contributed by atoms with Crippen LogP contribution in [0.15, 0.2) is 28.9 Å². The molecule has 4 rings (SSSR count). The van der Waals surface area contributed by atoms with Gasteiger partial charge in [-0.25, -0.2) is 4.98 Å². The molecular weight excluding hydrogens is 298 g/mol. The summed E-state index contributed by atoms with van der Waals surface area (Å²) in [5, 5.41) is 4.32. The molecule has 23 heavy (non-hydrogen) atoms. The molecule has 9 nitrogen and oxygen atoms in total. The van der Waals surface area contributed by atoms with Crippen molar-refractivity contribution < 1.29 is 9.21 Å². The highest BCUT2D eigenvalue weighted by Gasteiger charge is 2.19. The van der Waals surface area contributed by atoms with Crippen LogP contribution in [0.3, 0.4) is 0 Å². The van der Waals surface area contributed by atoms with Gasteiger partial charge in [0.15, 0.2) is 11.4 Å². The number of amides is 1. The average Bonchev–Trinajstić information content (AvgIpc) is 3.24. The number of anilines is 2. The number of carbonyl (C=O) groups is 1. The van der Waals surface area contributed by atoms with Crippen LogP contribution < -0.4 is 10.6 Å². The lowest BCUT2D eigenvalue weighted by molar-refractivity contribution is -0.118. The predicted molar refractivity (Wildman–Crippen MR) is 82.7 cm³/mol. The zero-order valence-electron chi connectivity index (χ0n) is 12.3. The summed E-state index contributed by atoms with van der Waals surface area (Å²) in [7, 11) is 0. The van der Waals surface area contributed by atoms with E-state index in [1.165, 1.54) is 4.52 Å². The minimum Gasteiger partial charge on any atom is -0.461 e. The number of hydrogen-bond donors (Lipinski definition) is 1. The van der Waals surface area contributed by atoms with Crippen LogP contribution in [0.2, 0.25) is 0 Å². The minimum atomic E-state index is 0.264. The maximum atomic E-state index is 10.8. The second-order valence-corrected chi connectivity index (χ2v) is 5.28. The summed E-state index contributed by atoms with van der Waals surface area (Å²) in [6, 6.07) is 5.41. The zero-order chi connectivity index (χ0) is 15.8. The van der Waals surface area contributed by atoms with Gasteiger partial charge < -0.3 is 20.0 Å². The number of furan rings is 1. The van der Waals surface area contributed by atoms with E-state index in [1.54, 1.807) is 23.3 Å². The summed E-state index contributed by atoms with van der Waals surface area (Å²) in [6.07, 6.45) is 2.44. The first-order chi connectivity index (χ1) is 11.2. The lowest BCUT2D eigenvalue weighted by Crippen LogP contribution is -2.46. The average molecular weight is 313 g/mol. The first kappa shape index (κ1) is 13.6. The Morgan fingerprint density at radius 2 is 2.04 bits per heavy atom. The quantitative estimate of drug-likeness (QED) is 0.691. The van der Waals surface area contributed by atoms with Crippen molar-refractivity contribution in [2.24, 2.45) is 0 Å². The second kappa shape index (κ2) is 5.27. The molecule has 0 saturated carbocycles. The first-order valence-corrected chi connectivity index (χ1v) is 7.26. The van der Waals surface area contributed by atoms with Gasteiger partial charge in [0.25, 0.3) is 0 Å². The molecule has 0 bridgehead atoms. The molecule has 3 aromatic rings. The SMILES string of the molecule is Nc1nc(N2CCN(C=O)CC2)cc2nc(-c3ccco3)nn12. The van der Waals surface area contributed by atoms with Gasteiger partial charge in [0.05, 0.1) is 6.26 Å². The molecule has 1 amide bonds. The number of nitrogens with two attached hydrogens (primary N) is 1. The van der Waals surface area contributed by atoms with Gasteiger partial charge in [-0.15, -0.1) is 5.10 Å². The van der Waals surface area contributed by atoms with Crippen LogP contribution >= 0.6 is 0 Å². The van der Waals surface area contributed by atoms with Crippen molar-refractivity contribution in [3.8, 4) is 11.6 Å². The largest absolute Gasteiger partial charge is 0.461 e. The Hall–Kier alpha value is -3.10. The van der Waals surface area contributed by atoms with Gasteiger partial charge in [-0.1, -0.05) is 0 Å². The van der Waals surface area contributed by atoms with Crippen molar-refractivity contribution in [1.29, 1.82) is 0 Å². The fourth-order valence-corrected chi connectivity index (χ4v) is 2.63. The lowest BCUT2D eigenvalue weighted by Gasteiger charge is -2.33. The molecule has 0 radical (unpaired) electrons. The van der Waals surface area contributed by atoms with Crippen LogP contribution in [0, 0.1) is 0 Å². The van der Waals surface area contributed by atoms with Gasteiger partial charge in [-0.3, -0.25) is 4.79 Å². The van der Waals surface area contributed by atoms with Gasteiger partial charge in [0, 0.05) is 32.2 Å². The summed E-state index contributed by atoms with van der Waals surface area (Å²) in [5.41, 5.74) is 6.62. The van der Waals surface area contributed by atoms with Gasteiger partial charge >= 0.3 is 0 Å². The van der Waals surface area contributed by atoms with Crippen molar-refractivity contribution in [1.82, 2.24) is 24.5 Å².